The van der Waals surface area contributed by atoms with Crippen molar-refractivity contribution in [2.75, 3.05) is 30.5 Å². The molecule has 4 rings (SSSR count). The molecule has 2 aromatic carbocycles. The number of fused-ring (bicyclic) bond motifs is 1. The number of nitrogens with one attached hydrogen (secondary N) is 2. The van der Waals surface area contributed by atoms with Crippen molar-refractivity contribution in [1.29, 1.82) is 0 Å². The number of anilines is 2. The van der Waals surface area contributed by atoms with Gasteiger partial charge in [0.15, 0.2) is 15.7 Å². The van der Waals surface area contributed by atoms with Crippen LogP contribution in [-0.4, -0.2) is 54.0 Å². The molecule has 0 bridgehead atoms. The Bertz CT molecular complexity index is 1590. The van der Waals surface area contributed by atoms with Crippen LogP contribution < -0.4 is 20.1 Å². The maximum absolute atomic E-state index is 11.8. The summed E-state index contributed by atoms with van der Waals surface area (Å²) in [6.07, 6.45) is 5.28. The van der Waals surface area contributed by atoms with Crippen LogP contribution in [-0.2, 0) is 21.2 Å². The van der Waals surface area contributed by atoms with Gasteiger partial charge in [0, 0.05) is 37.3 Å². The van der Waals surface area contributed by atoms with Crippen molar-refractivity contribution < 1.29 is 22.7 Å². The van der Waals surface area contributed by atoms with Gasteiger partial charge in [0.1, 0.15) is 34.8 Å². The van der Waals surface area contributed by atoms with Crippen LogP contribution in [0.4, 0.5) is 11.5 Å². The van der Waals surface area contributed by atoms with E-state index in [0.717, 1.165) is 23.9 Å². The second kappa shape index (κ2) is 13.0. The second-order valence-corrected chi connectivity index (χ2v) is 12.3. The molecule has 0 aliphatic heterocycles. The summed E-state index contributed by atoms with van der Waals surface area (Å²) in [5, 5.41) is 6.31. The van der Waals surface area contributed by atoms with Crippen LogP contribution in [0.5, 0.6) is 17.2 Å². The summed E-state index contributed by atoms with van der Waals surface area (Å²) in [5.74, 6) is 1.86. The van der Waals surface area contributed by atoms with Crippen LogP contribution in [0.25, 0.3) is 11.0 Å². The number of ether oxygens (including phenoxy) is 2. The van der Waals surface area contributed by atoms with Crippen LogP contribution in [0.1, 0.15) is 20.3 Å². The number of hydrogen-bond donors (Lipinski definition) is 2. The summed E-state index contributed by atoms with van der Waals surface area (Å²) in [6.45, 7) is 5.59. The average Bonchev–Trinajstić information content (AvgIpc) is 3.29. The van der Waals surface area contributed by atoms with E-state index < -0.39 is 21.5 Å². The molecule has 2 N–H and O–H groups in total. The number of carbonyl (C=O) groups is 1. The largest absolute Gasteiger partial charge is 0.493 e. The molecule has 4 aromatic rings. The Labute approximate surface area is 238 Å². The van der Waals surface area contributed by atoms with Crippen molar-refractivity contribution in [3.63, 3.8) is 0 Å². The van der Waals surface area contributed by atoms with E-state index >= 15 is 0 Å². The summed E-state index contributed by atoms with van der Waals surface area (Å²) in [6, 6.07) is 14.6. The van der Waals surface area contributed by atoms with Gasteiger partial charge in [-0.25, -0.2) is 18.4 Å². The van der Waals surface area contributed by atoms with Crippen LogP contribution in [0.2, 0.25) is 5.02 Å². The van der Waals surface area contributed by atoms with Crippen LogP contribution in [0, 0.1) is 5.92 Å². The third-order valence-corrected chi connectivity index (χ3v) is 6.89. The Morgan fingerprint density at radius 1 is 1.10 bits per heavy atom. The number of sulfone groups is 1. The number of halogens is 1. The van der Waals surface area contributed by atoms with Gasteiger partial charge in [-0.3, -0.25) is 4.79 Å². The van der Waals surface area contributed by atoms with E-state index in [9.17, 15) is 13.2 Å². The lowest BCUT2D eigenvalue weighted by molar-refractivity contribution is -0.118. The number of nitrogens with zero attached hydrogens (tertiary/aromatic N) is 3. The third kappa shape index (κ3) is 8.33. The highest BCUT2D eigenvalue weighted by Gasteiger charge is 2.13. The van der Waals surface area contributed by atoms with Gasteiger partial charge in [0.2, 0.25) is 5.91 Å². The van der Waals surface area contributed by atoms with E-state index in [1.54, 1.807) is 12.1 Å². The molecule has 0 radical (unpaired) electrons. The van der Waals surface area contributed by atoms with Gasteiger partial charge in [-0.1, -0.05) is 31.5 Å². The molecule has 40 heavy (non-hydrogen) atoms. The second-order valence-electron chi connectivity index (χ2n) is 9.76. The Balaban J connectivity index is 1.43. The first kappa shape index (κ1) is 29.2. The number of carbonyl (C=O) groups excluding carboxylic acids is 1. The smallest absolute Gasteiger partial charge is 0.235 e. The van der Waals surface area contributed by atoms with E-state index in [2.05, 4.69) is 34.4 Å². The van der Waals surface area contributed by atoms with E-state index in [1.165, 1.54) is 6.33 Å². The lowest BCUT2D eigenvalue weighted by Crippen LogP contribution is -2.32. The first-order valence-corrected chi connectivity index (χ1v) is 15.2. The molecule has 0 saturated carbocycles. The minimum absolute atomic E-state index is 0.244. The number of hydrogen-bond acceptors (Lipinski definition) is 8. The molecule has 0 spiro atoms. The topological polar surface area (TPSA) is 124 Å². The fraction of sp³-hybridized carbons (Fsp3) is 0.321. The third-order valence-electron chi connectivity index (χ3n) is 5.81. The molecular weight excluding hydrogens is 554 g/mol. The molecule has 0 aliphatic carbocycles. The highest BCUT2D eigenvalue weighted by atomic mass is 35.5. The molecule has 0 unspecified atom stereocenters. The number of aromatic nitrogens is 3. The zero-order valence-electron chi connectivity index (χ0n) is 22.6. The minimum atomic E-state index is -3.39. The van der Waals surface area contributed by atoms with Crippen molar-refractivity contribution in [1.82, 2.24) is 19.9 Å². The SMILES string of the molecule is CC(C)CCOc1cccc(Oc2ccc(Nc3ncnc4ccn(CCNC(=O)CS(C)(=O)=O)c34)cc2Cl)c1. The molecule has 0 saturated heterocycles. The fourth-order valence-electron chi connectivity index (χ4n) is 3.88. The number of amides is 1. The van der Waals surface area contributed by atoms with Crippen molar-refractivity contribution in [3.05, 3.63) is 66.1 Å². The van der Waals surface area contributed by atoms with Crippen molar-refractivity contribution in [3.8, 4) is 17.2 Å². The molecule has 2 aromatic heterocycles. The van der Waals surface area contributed by atoms with Crippen LogP contribution in [0.3, 0.4) is 0 Å². The van der Waals surface area contributed by atoms with Gasteiger partial charge in [-0.2, -0.15) is 0 Å². The zero-order chi connectivity index (χ0) is 28.7. The summed E-state index contributed by atoms with van der Waals surface area (Å²) < 4.78 is 36.3. The van der Waals surface area contributed by atoms with Gasteiger partial charge in [-0.05, 0) is 48.7 Å². The molecule has 10 nitrogen and oxygen atoms in total. The number of benzene rings is 2. The Kier molecular flexibility index (Phi) is 9.49. The molecule has 0 atom stereocenters. The molecule has 12 heteroatoms. The molecular formula is C28H32ClN5O5S. The van der Waals surface area contributed by atoms with Crippen LogP contribution >= 0.6 is 11.6 Å². The fourth-order valence-corrected chi connectivity index (χ4v) is 4.68. The monoisotopic (exact) mass is 585 g/mol. The van der Waals surface area contributed by atoms with E-state index in [4.69, 9.17) is 21.1 Å². The lowest BCUT2D eigenvalue weighted by Gasteiger charge is -2.13. The summed E-state index contributed by atoms with van der Waals surface area (Å²) in [4.78, 5) is 20.6. The van der Waals surface area contributed by atoms with Crippen LogP contribution in [0.15, 0.2) is 61.1 Å². The average molecular weight is 586 g/mol. The van der Waals surface area contributed by atoms with Gasteiger partial charge < -0.3 is 24.7 Å². The first-order valence-electron chi connectivity index (χ1n) is 12.8. The van der Waals surface area contributed by atoms with Crippen molar-refractivity contribution >= 4 is 49.9 Å². The molecule has 2 heterocycles. The molecule has 212 valence electrons. The number of rotatable bonds is 13. The predicted octanol–water partition coefficient (Wildman–Crippen LogP) is 5.21. The summed E-state index contributed by atoms with van der Waals surface area (Å²) in [5.41, 5.74) is 2.13. The molecule has 0 aliphatic rings. The van der Waals surface area contributed by atoms with E-state index in [1.807, 2.05) is 47.2 Å². The minimum Gasteiger partial charge on any atom is -0.493 e. The van der Waals surface area contributed by atoms with Gasteiger partial charge >= 0.3 is 0 Å². The Hall–Kier alpha value is -3.83. The zero-order valence-corrected chi connectivity index (χ0v) is 24.1. The maximum Gasteiger partial charge on any atom is 0.235 e. The molecule has 0 fully saturated rings. The van der Waals surface area contributed by atoms with Gasteiger partial charge in [0.05, 0.1) is 17.1 Å². The summed E-state index contributed by atoms with van der Waals surface area (Å²) >= 11 is 6.56. The summed E-state index contributed by atoms with van der Waals surface area (Å²) in [7, 11) is -3.39. The van der Waals surface area contributed by atoms with Crippen molar-refractivity contribution in [2.24, 2.45) is 5.92 Å². The highest BCUT2D eigenvalue weighted by molar-refractivity contribution is 7.91. The highest BCUT2D eigenvalue weighted by Crippen LogP contribution is 2.34. The quantitative estimate of drug-likeness (QED) is 0.219. The predicted molar refractivity (Wildman–Crippen MR) is 156 cm³/mol. The Morgan fingerprint density at radius 3 is 2.65 bits per heavy atom. The van der Waals surface area contributed by atoms with E-state index in [0.29, 0.717) is 52.6 Å². The maximum atomic E-state index is 11.8. The lowest BCUT2D eigenvalue weighted by atomic mass is 10.1. The van der Waals surface area contributed by atoms with Gasteiger partial charge in [0.25, 0.3) is 0 Å². The molecule has 1 amide bonds. The van der Waals surface area contributed by atoms with Gasteiger partial charge in [-0.15, -0.1) is 0 Å². The van der Waals surface area contributed by atoms with E-state index in [-0.39, 0.29) is 6.54 Å². The first-order chi connectivity index (χ1) is 19.1. The standard InChI is InChI=1S/C28H32ClN5O5S/c1-19(2)10-14-38-21-5-4-6-22(16-21)39-25-8-7-20(15-23(25)29)33-28-27-24(31-18-32-28)9-12-34(27)13-11-30-26(35)17-40(3,36)37/h4-9,12,15-16,18-19H,10-11,13-14,17H2,1-3H3,(H,30,35)(H,31,32,33). The van der Waals surface area contributed by atoms with Crippen molar-refractivity contribution in [2.45, 2.75) is 26.8 Å². The normalized spacial score (nSPS) is 11.5. The Morgan fingerprint density at radius 2 is 1.90 bits per heavy atom.